The molecule has 18 heavy (non-hydrogen) atoms. The second-order valence-electron chi connectivity index (χ2n) is 5.09. The van der Waals surface area contributed by atoms with Crippen LogP contribution < -0.4 is 0 Å². The van der Waals surface area contributed by atoms with Gasteiger partial charge in [0.15, 0.2) is 0 Å². The van der Waals surface area contributed by atoms with Gasteiger partial charge in [0.25, 0.3) is 0 Å². The number of carbonyl (C=O) groups is 1. The van der Waals surface area contributed by atoms with Gasteiger partial charge in [0, 0.05) is 20.1 Å². The van der Waals surface area contributed by atoms with E-state index in [1.807, 2.05) is 0 Å². The van der Waals surface area contributed by atoms with Crippen LogP contribution in [0.15, 0.2) is 0 Å². The number of ether oxygens (including phenoxy) is 2. The number of esters is 1. The molecule has 108 valence electrons. The summed E-state index contributed by atoms with van der Waals surface area (Å²) < 4.78 is 10.2. The van der Waals surface area contributed by atoms with Crippen LogP contribution in [0, 0.1) is 5.92 Å². The molecule has 0 amide bonds. The number of carbonyl (C=O) groups excluding carboxylic acids is 1. The highest BCUT2D eigenvalue weighted by atomic mass is 16.5. The predicted octanol–water partition coefficient (Wildman–Crippen LogP) is 3.95. The minimum Gasteiger partial charge on any atom is -0.465 e. The molecule has 0 aromatic heterocycles. The van der Waals surface area contributed by atoms with Crippen LogP contribution in [0.2, 0.25) is 0 Å². The summed E-state index contributed by atoms with van der Waals surface area (Å²) in [5.74, 6) is 0.341. The molecular formula is C15H30O3. The van der Waals surface area contributed by atoms with Crippen molar-refractivity contribution in [3.05, 3.63) is 0 Å². The van der Waals surface area contributed by atoms with Gasteiger partial charge in [-0.2, -0.15) is 0 Å². The van der Waals surface area contributed by atoms with Crippen molar-refractivity contribution in [1.82, 2.24) is 0 Å². The maximum atomic E-state index is 11.5. The van der Waals surface area contributed by atoms with Crippen molar-refractivity contribution >= 4 is 5.97 Å². The number of methoxy groups -OCH3 is 1. The van der Waals surface area contributed by atoms with Gasteiger partial charge in [-0.3, -0.25) is 4.79 Å². The van der Waals surface area contributed by atoms with Crippen molar-refractivity contribution in [3.8, 4) is 0 Å². The minimum absolute atomic E-state index is 0.0465. The SMILES string of the molecule is CCCCCCCCC(=O)OCC(C)CCOC. The first kappa shape index (κ1) is 17.4. The van der Waals surface area contributed by atoms with Crippen LogP contribution in [-0.4, -0.2) is 26.3 Å². The summed E-state index contributed by atoms with van der Waals surface area (Å²) in [5, 5.41) is 0. The second kappa shape index (κ2) is 12.9. The third-order valence-corrected chi connectivity index (χ3v) is 3.08. The molecule has 0 N–H and O–H groups in total. The van der Waals surface area contributed by atoms with Crippen LogP contribution in [-0.2, 0) is 14.3 Å². The van der Waals surface area contributed by atoms with Gasteiger partial charge in [-0.25, -0.2) is 0 Å². The third kappa shape index (κ3) is 11.9. The monoisotopic (exact) mass is 258 g/mol. The lowest BCUT2D eigenvalue weighted by atomic mass is 10.1. The highest BCUT2D eigenvalue weighted by Crippen LogP contribution is 2.08. The lowest BCUT2D eigenvalue weighted by Gasteiger charge is -2.11. The van der Waals surface area contributed by atoms with Crippen molar-refractivity contribution in [2.75, 3.05) is 20.3 Å². The topological polar surface area (TPSA) is 35.5 Å². The van der Waals surface area contributed by atoms with E-state index in [0.29, 0.717) is 18.9 Å². The van der Waals surface area contributed by atoms with Gasteiger partial charge in [0.05, 0.1) is 6.61 Å². The van der Waals surface area contributed by atoms with Crippen LogP contribution >= 0.6 is 0 Å². The van der Waals surface area contributed by atoms with E-state index in [0.717, 1.165) is 25.9 Å². The first-order valence-electron chi connectivity index (χ1n) is 7.35. The van der Waals surface area contributed by atoms with Crippen LogP contribution in [0.3, 0.4) is 0 Å². The molecule has 0 aliphatic rings. The lowest BCUT2D eigenvalue weighted by molar-refractivity contribution is -0.145. The summed E-state index contributed by atoms with van der Waals surface area (Å²) >= 11 is 0. The van der Waals surface area contributed by atoms with Crippen molar-refractivity contribution in [1.29, 1.82) is 0 Å². The normalized spacial score (nSPS) is 12.4. The molecule has 0 fully saturated rings. The fraction of sp³-hybridized carbons (Fsp3) is 0.933. The Morgan fingerprint density at radius 1 is 1.11 bits per heavy atom. The van der Waals surface area contributed by atoms with Gasteiger partial charge < -0.3 is 9.47 Å². The molecule has 3 nitrogen and oxygen atoms in total. The zero-order chi connectivity index (χ0) is 13.6. The smallest absolute Gasteiger partial charge is 0.305 e. The number of rotatable bonds is 12. The Kier molecular flexibility index (Phi) is 12.5. The Morgan fingerprint density at radius 2 is 1.78 bits per heavy atom. The fourth-order valence-electron chi connectivity index (χ4n) is 1.76. The van der Waals surface area contributed by atoms with Gasteiger partial charge in [-0.1, -0.05) is 46.0 Å². The van der Waals surface area contributed by atoms with E-state index in [1.54, 1.807) is 7.11 Å². The average molecular weight is 258 g/mol. The first-order valence-corrected chi connectivity index (χ1v) is 7.35. The lowest BCUT2D eigenvalue weighted by Crippen LogP contribution is -2.13. The van der Waals surface area contributed by atoms with Gasteiger partial charge in [-0.15, -0.1) is 0 Å². The molecule has 1 unspecified atom stereocenters. The third-order valence-electron chi connectivity index (χ3n) is 3.08. The van der Waals surface area contributed by atoms with Crippen molar-refractivity contribution < 1.29 is 14.3 Å². The molecule has 3 heteroatoms. The molecule has 0 radical (unpaired) electrons. The number of unbranched alkanes of at least 4 members (excludes halogenated alkanes) is 5. The number of hydrogen-bond acceptors (Lipinski definition) is 3. The van der Waals surface area contributed by atoms with Crippen molar-refractivity contribution in [2.24, 2.45) is 5.92 Å². The van der Waals surface area contributed by atoms with E-state index in [2.05, 4.69) is 13.8 Å². The van der Waals surface area contributed by atoms with Gasteiger partial charge in [0.1, 0.15) is 0 Å². The molecular weight excluding hydrogens is 228 g/mol. The van der Waals surface area contributed by atoms with Gasteiger partial charge in [0.2, 0.25) is 0 Å². The molecule has 0 saturated heterocycles. The molecule has 0 saturated carbocycles. The van der Waals surface area contributed by atoms with E-state index in [-0.39, 0.29) is 5.97 Å². The zero-order valence-corrected chi connectivity index (χ0v) is 12.4. The minimum atomic E-state index is -0.0465. The summed E-state index contributed by atoms with van der Waals surface area (Å²) in [6.07, 6.45) is 8.74. The van der Waals surface area contributed by atoms with Gasteiger partial charge in [-0.05, 0) is 18.8 Å². The van der Waals surface area contributed by atoms with E-state index in [4.69, 9.17) is 9.47 Å². The maximum absolute atomic E-state index is 11.5. The molecule has 0 rings (SSSR count). The quantitative estimate of drug-likeness (QED) is 0.393. The summed E-state index contributed by atoms with van der Waals surface area (Å²) in [4.78, 5) is 11.5. The van der Waals surface area contributed by atoms with Crippen LogP contribution in [0.5, 0.6) is 0 Å². The first-order chi connectivity index (χ1) is 8.70. The molecule has 1 atom stereocenters. The molecule has 0 aromatic rings. The van der Waals surface area contributed by atoms with Gasteiger partial charge >= 0.3 is 5.97 Å². The molecule has 0 aliphatic carbocycles. The molecule has 0 heterocycles. The molecule has 0 aromatic carbocycles. The Bertz CT molecular complexity index is 192. The molecule has 0 aliphatic heterocycles. The van der Waals surface area contributed by atoms with E-state index < -0.39 is 0 Å². The highest BCUT2D eigenvalue weighted by Gasteiger charge is 2.07. The number of hydrogen-bond donors (Lipinski definition) is 0. The average Bonchev–Trinajstić information content (AvgIpc) is 2.38. The Hall–Kier alpha value is -0.570. The Balaban J connectivity index is 3.31. The second-order valence-corrected chi connectivity index (χ2v) is 5.09. The summed E-state index contributed by atoms with van der Waals surface area (Å²) in [5.41, 5.74) is 0. The fourth-order valence-corrected chi connectivity index (χ4v) is 1.76. The summed E-state index contributed by atoms with van der Waals surface area (Å²) in [6.45, 7) is 5.55. The van der Waals surface area contributed by atoms with Crippen LogP contribution in [0.1, 0.15) is 65.2 Å². The Morgan fingerprint density at radius 3 is 2.44 bits per heavy atom. The maximum Gasteiger partial charge on any atom is 0.305 e. The highest BCUT2D eigenvalue weighted by molar-refractivity contribution is 5.69. The summed E-state index contributed by atoms with van der Waals surface area (Å²) in [7, 11) is 1.69. The van der Waals surface area contributed by atoms with E-state index >= 15 is 0 Å². The molecule has 0 spiro atoms. The van der Waals surface area contributed by atoms with Crippen molar-refractivity contribution in [2.45, 2.75) is 65.2 Å². The van der Waals surface area contributed by atoms with Crippen LogP contribution in [0.4, 0.5) is 0 Å². The van der Waals surface area contributed by atoms with E-state index in [9.17, 15) is 4.79 Å². The van der Waals surface area contributed by atoms with Crippen molar-refractivity contribution in [3.63, 3.8) is 0 Å². The Labute approximate surface area is 112 Å². The summed E-state index contributed by atoms with van der Waals surface area (Å²) in [6, 6.07) is 0. The molecule has 0 bridgehead atoms. The van der Waals surface area contributed by atoms with E-state index in [1.165, 1.54) is 25.7 Å². The predicted molar refractivity (Wildman–Crippen MR) is 74.6 cm³/mol. The largest absolute Gasteiger partial charge is 0.465 e. The van der Waals surface area contributed by atoms with Crippen LogP contribution in [0.25, 0.3) is 0 Å². The zero-order valence-electron chi connectivity index (χ0n) is 12.4. The standard InChI is InChI=1S/C15H30O3/c1-4-5-6-7-8-9-10-15(16)18-13-14(2)11-12-17-3/h14H,4-13H2,1-3H3.